The molecule has 2 atom stereocenters. The van der Waals surface area contributed by atoms with Gasteiger partial charge in [-0.25, -0.2) is 27.6 Å². The van der Waals surface area contributed by atoms with Crippen molar-refractivity contribution in [3.05, 3.63) is 35.3 Å². The Morgan fingerprint density at radius 3 is 2.64 bits per heavy atom. The molecule has 0 bridgehead atoms. The number of nitrogens with one attached hydrogen (secondary N) is 2. The monoisotopic (exact) mass is 477 g/mol. The first-order valence-electron chi connectivity index (χ1n) is 10.8. The quantitative estimate of drug-likeness (QED) is 0.699. The minimum Gasteiger partial charge on any atom is -0.377 e. The summed E-state index contributed by atoms with van der Waals surface area (Å²) in [5.41, 5.74) is 1.35. The minimum absolute atomic E-state index is 0.0341. The fourth-order valence-electron chi connectivity index (χ4n) is 4.37. The number of sulfone groups is 1. The van der Waals surface area contributed by atoms with Crippen LogP contribution in [-0.4, -0.2) is 57.3 Å². The van der Waals surface area contributed by atoms with Gasteiger partial charge in [-0.2, -0.15) is 0 Å². The lowest BCUT2D eigenvalue weighted by molar-refractivity contribution is 0.0984. The topological polar surface area (TPSA) is 114 Å². The number of benzene rings is 1. The van der Waals surface area contributed by atoms with E-state index in [4.69, 9.17) is 9.72 Å². The highest BCUT2D eigenvalue weighted by molar-refractivity contribution is 7.92. The van der Waals surface area contributed by atoms with Crippen molar-refractivity contribution in [3.8, 4) is 11.4 Å². The number of ether oxygens (including phenoxy) is 1. The van der Waals surface area contributed by atoms with Gasteiger partial charge >= 0.3 is 6.03 Å². The summed E-state index contributed by atoms with van der Waals surface area (Å²) >= 11 is 0. The number of urea groups is 1. The second-order valence-electron chi connectivity index (χ2n) is 8.85. The lowest BCUT2D eigenvalue weighted by Crippen LogP contribution is -2.44. The van der Waals surface area contributed by atoms with Gasteiger partial charge in [-0.3, -0.25) is 0 Å². The van der Waals surface area contributed by atoms with Crippen LogP contribution >= 0.6 is 0 Å². The first-order valence-corrected chi connectivity index (χ1v) is 12.3. The van der Waals surface area contributed by atoms with E-state index < -0.39 is 31.7 Å². The lowest BCUT2D eigenvalue weighted by atomic mass is 10.0. The molecule has 0 radical (unpaired) electrons. The van der Waals surface area contributed by atoms with Crippen LogP contribution in [0.2, 0.25) is 0 Å². The first-order chi connectivity index (χ1) is 15.5. The van der Waals surface area contributed by atoms with Crippen molar-refractivity contribution in [1.29, 1.82) is 0 Å². The van der Waals surface area contributed by atoms with Crippen LogP contribution in [0.25, 0.3) is 11.4 Å². The maximum absolute atomic E-state index is 15.1. The molecule has 1 unspecified atom stereocenters. The number of hydrogen-bond acceptors (Lipinski definition) is 7. The third kappa shape index (κ3) is 3.72. The number of carbonyl (C=O) groups is 1. The molecular formula is C22H28FN5O4S. The summed E-state index contributed by atoms with van der Waals surface area (Å²) in [6, 6.07) is 3.71. The van der Waals surface area contributed by atoms with Gasteiger partial charge in [0.05, 0.1) is 35.8 Å². The Morgan fingerprint density at radius 1 is 1.27 bits per heavy atom. The van der Waals surface area contributed by atoms with Gasteiger partial charge in [0.15, 0.2) is 15.7 Å². The molecule has 11 heteroatoms. The molecule has 33 heavy (non-hydrogen) atoms. The molecule has 1 aromatic carbocycles. The molecule has 1 fully saturated rings. The van der Waals surface area contributed by atoms with Crippen molar-refractivity contribution >= 4 is 27.4 Å². The van der Waals surface area contributed by atoms with E-state index in [2.05, 4.69) is 15.6 Å². The van der Waals surface area contributed by atoms with Crippen LogP contribution in [0.4, 0.5) is 20.7 Å². The average molecular weight is 478 g/mol. The van der Waals surface area contributed by atoms with E-state index in [1.807, 2.05) is 11.8 Å². The van der Waals surface area contributed by atoms with Crippen molar-refractivity contribution in [2.24, 2.45) is 0 Å². The van der Waals surface area contributed by atoms with Crippen LogP contribution in [0.3, 0.4) is 0 Å². The highest BCUT2D eigenvalue weighted by atomic mass is 32.2. The van der Waals surface area contributed by atoms with E-state index in [1.165, 1.54) is 19.2 Å². The summed E-state index contributed by atoms with van der Waals surface area (Å²) in [6.07, 6.45) is 0. The third-order valence-electron chi connectivity index (χ3n) is 6.41. The number of hydrogen-bond donors (Lipinski definition) is 2. The third-order valence-corrected chi connectivity index (χ3v) is 9.20. The number of aromatic nitrogens is 2. The Balaban J connectivity index is 1.90. The van der Waals surface area contributed by atoms with Crippen LogP contribution in [-0.2, 0) is 19.3 Å². The zero-order chi connectivity index (χ0) is 24.1. The molecule has 2 N–H and O–H groups in total. The summed E-state index contributed by atoms with van der Waals surface area (Å²) < 4.78 is 45.9. The molecule has 0 saturated carbocycles. The zero-order valence-corrected chi connectivity index (χ0v) is 20.1. The summed E-state index contributed by atoms with van der Waals surface area (Å²) in [7, 11) is -2.12. The number of fused-ring (bicyclic) bond motifs is 1. The number of carbonyl (C=O) groups excluding carboxylic acids is 1. The van der Waals surface area contributed by atoms with Crippen LogP contribution in [0, 0.1) is 5.82 Å². The van der Waals surface area contributed by atoms with Crippen LogP contribution in [0.5, 0.6) is 0 Å². The highest BCUT2D eigenvalue weighted by Gasteiger charge is 2.53. The average Bonchev–Trinajstić information content (AvgIpc) is 2.90. The molecule has 1 saturated heterocycles. The molecule has 2 amide bonds. The van der Waals surface area contributed by atoms with Gasteiger partial charge < -0.3 is 20.3 Å². The molecule has 2 aliphatic rings. The molecule has 3 heterocycles. The number of amides is 2. The van der Waals surface area contributed by atoms with Gasteiger partial charge in [0.2, 0.25) is 0 Å². The molecule has 178 valence electrons. The SMILES string of the molecule is CNC(=O)Nc1ccc(-c2nc(N3CCOC[C@@H]3C)c3c(n2)C(C)(C)S(=O)(=O)C3C)c(F)c1. The normalized spacial score (nSPS) is 23.2. The predicted molar refractivity (Wildman–Crippen MR) is 123 cm³/mol. The number of anilines is 2. The lowest BCUT2D eigenvalue weighted by Gasteiger charge is -2.36. The summed E-state index contributed by atoms with van der Waals surface area (Å²) in [4.78, 5) is 22.8. The largest absolute Gasteiger partial charge is 0.377 e. The number of rotatable bonds is 3. The second kappa shape index (κ2) is 8.21. The summed E-state index contributed by atoms with van der Waals surface area (Å²) in [6.45, 7) is 8.38. The van der Waals surface area contributed by atoms with E-state index in [-0.39, 0.29) is 23.1 Å². The molecule has 0 aliphatic carbocycles. The molecule has 0 spiro atoms. The van der Waals surface area contributed by atoms with E-state index in [1.54, 1.807) is 26.8 Å². The van der Waals surface area contributed by atoms with Crippen molar-refractivity contribution in [3.63, 3.8) is 0 Å². The van der Waals surface area contributed by atoms with Crippen molar-refractivity contribution in [1.82, 2.24) is 15.3 Å². The maximum Gasteiger partial charge on any atom is 0.318 e. The molecule has 1 aromatic heterocycles. The van der Waals surface area contributed by atoms with Gasteiger partial charge in [-0.05, 0) is 45.9 Å². The molecular weight excluding hydrogens is 449 g/mol. The fraction of sp³-hybridized carbons (Fsp3) is 0.500. The van der Waals surface area contributed by atoms with Crippen LogP contribution in [0.15, 0.2) is 18.2 Å². The minimum atomic E-state index is -3.58. The van der Waals surface area contributed by atoms with Gasteiger partial charge in [0, 0.05) is 24.8 Å². The van der Waals surface area contributed by atoms with Gasteiger partial charge in [-0.15, -0.1) is 0 Å². The highest BCUT2D eigenvalue weighted by Crippen LogP contribution is 2.51. The molecule has 4 rings (SSSR count). The first kappa shape index (κ1) is 23.4. The Bertz CT molecular complexity index is 1220. The number of nitrogens with zero attached hydrogens (tertiary/aromatic N) is 3. The van der Waals surface area contributed by atoms with Gasteiger partial charge in [0.25, 0.3) is 0 Å². The van der Waals surface area contributed by atoms with E-state index in [0.717, 1.165) is 0 Å². The van der Waals surface area contributed by atoms with Crippen LogP contribution < -0.4 is 15.5 Å². The van der Waals surface area contributed by atoms with Gasteiger partial charge in [0.1, 0.15) is 16.4 Å². The Hall–Kier alpha value is -2.79. The maximum atomic E-state index is 15.1. The Kier molecular flexibility index (Phi) is 5.81. The Morgan fingerprint density at radius 2 is 2.00 bits per heavy atom. The van der Waals surface area contributed by atoms with E-state index >= 15 is 4.39 Å². The van der Waals surface area contributed by atoms with Crippen molar-refractivity contribution in [2.75, 3.05) is 37.0 Å². The predicted octanol–water partition coefficient (Wildman–Crippen LogP) is 2.98. The number of halogens is 1. The zero-order valence-electron chi connectivity index (χ0n) is 19.3. The van der Waals surface area contributed by atoms with Gasteiger partial charge in [-0.1, -0.05) is 0 Å². The summed E-state index contributed by atoms with van der Waals surface area (Å²) in [5.74, 6) is -0.0280. The Labute approximate surface area is 192 Å². The smallest absolute Gasteiger partial charge is 0.318 e. The second-order valence-corrected chi connectivity index (χ2v) is 11.7. The number of morpholine rings is 1. The molecule has 9 nitrogen and oxygen atoms in total. The fourth-order valence-corrected chi connectivity index (χ4v) is 6.21. The molecule has 2 aliphatic heterocycles. The van der Waals surface area contributed by atoms with E-state index in [9.17, 15) is 13.2 Å². The van der Waals surface area contributed by atoms with E-state index in [0.29, 0.717) is 36.8 Å². The summed E-state index contributed by atoms with van der Waals surface area (Å²) in [5, 5.41) is 4.14. The van der Waals surface area contributed by atoms with Crippen LogP contribution in [0.1, 0.15) is 44.2 Å². The molecule has 2 aromatic rings. The van der Waals surface area contributed by atoms with Crippen molar-refractivity contribution < 1.29 is 22.3 Å². The standard InChI is InChI=1S/C22H28FN5O4S/c1-12-11-32-9-8-28(12)20-17-13(2)33(30,31)22(3,4)18(17)26-19(27-20)15-7-6-14(10-16(15)23)25-21(29)24-5/h6-7,10,12-13H,8-9,11H2,1-5H3,(H2,24,25,29)/t12-,13?/m0/s1. The van der Waals surface area contributed by atoms with Crippen molar-refractivity contribution in [2.45, 2.75) is 43.7 Å².